The first-order valence-electron chi connectivity index (χ1n) is 10.2. The molecule has 3 amide bonds. The Kier molecular flexibility index (Phi) is 7.31. The molecule has 0 atom stereocenters. The Morgan fingerprint density at radius 1 is 1.09 bits per heavy atom. The molecule has 1 aliphatic heterocycles. The largest absolute Gasteiger partial charge is 0.494 e. The quantitative estimate of drug-likeness (QED) is 0.369. The lowest BCUT2D eigenvalue weighted by molar-refractivity contribution is -0.127. The van der Waals surface area contributed by atoms with Gasteiger partial charge in [-0.1, -0.05) is 23.2 Å². The Hall–Kier alpha value is -3.20. The maximum atomic E-state index is 12.7. The number of benzene rings is 2. The first kappa shape index (κ1) is 23.9. The second kappa shape index (κ2) is 10.4. The van der Waals surface area contributed by atoms with E-state index in [0.29, 0.717) is 45.2 Å². The van der Waals surface area contributed by atoms with Crippen LogP contribution in [-0.2, 0) is 9.59 Å². The van der Waals surface area contributed by atoms with Gasteiger partial charge in [0, 0.05) is 17.3 Å². The highest BCUT2D eigenvalue weighted by molar-refractivity contribution is 8.18. The van der Waals surface area contributed by atoms with Crippen molar-refractivity contribution in [3.63, 3.8) is 0 Å². The molecular formula is C24H18Cl2N2O5S. The number of ether oxygens (including phenoxy) is 1. The number of nitrogens with zero attached hydrogens (tertiary/aromatic N) is 1. The van der Waals surface area contributed by atoms with E-state index in [2.05, 4.69) is 5.32 Å². The van der Waals surface area contributed by atoms with Crippen LogP contribution < -0.4 is 10.1 Å². The molecule has 2 heterocycles. The second-order valence-electron chi connectivity index (χ2n) is 7.10. The first-order chi connectivity index (χ1) is 16.3. The van der Waals surface area contributed by atoms with Gasteiger partial charge in [-0.2, -0.15) is 0 Å². The molecule has 174 valence electrons. The van der Waals surface area contributed by atoms with Gasteiger partial charge in [0.2, 0.25) is 5.91 Å². The number of carbonyl (C=O) groups is 3. The Balaban J connectivity index is 1.41. The molecule has 10 heteroatoms. The van der Waals surface area contributed by atoms with E-state index in [0.717, 1.165) is 16.7 Å². The van der Waals surface area contributed by atoms with Gasteiger partial charge in [-0.25, -0.2) is 0 Å². The zero-order chi connectivity index (χ0) is 24.2. The highest BCUT2D eigenvalue weighted by atomic mass is 35.5. The number of furan rings is 1. The summed E-state index contributed by atoms with van der Waals surface area (Å²) in [6.07, 6.45) is 1.47. The van der Waals surface area contributed by atoms with Crippen LogP contribution in [0.3, 0.4) is 0 Å². The van der Waals surface area contributed by atoms with E-state index < -0.39 is 23.6 Å². The number of hydrogen-bond donors (Lipinski definition) is 1. The number of hydrogen-bond acceptors (Lipinski definition) is 6. The highest BCUT2D eigenvalue weighted by Gasteiger charge is 2.36. The summed E-state index contributed by atoms with van der Waals surface area (Å²) in [6.45, 7) is 2.01. The van der Waals surface area contributed by atoms with Crippen LogP contribution in [0.4, 0.5) is 10.5 Å². The van der Waals surface area contributed by atoms with Crippen LogP contribution in [0.25, 0.3) is 17.4 Å². The Morgan fingerprint density at radius 2 is 1.85 bits per heavy atom. The fraction of sp³-hybridized carbons (Fsp3) is 0.125. The van der Waals surface area contributed by atoms with Crippen LogP contribution in [0.15, 0.2) is 63.9 Å². The fourth-order valence-corrected chi connectivity index (χ4v) is 4.26. The molecule has 1 aliphatic rings. The Labute approximate surface area is 209 Å². The minimum absolute atomic E-state index is 0.161. The van der Waals surface area contributed by atoms with E-state index in [9.17, 15) is 14.4 Å². The lowest BCUT2D eigenvalue weighted by Gasteiger charge is -2.12. The van der Waals surface area contributed by atoms with Gasteiger partial charge in [0.05, 0.1) is 21.6 Å². The number of thioether (sulfide) groups is 1. The van der Waals surface area contributed by atoms with Crippen LogP contribution in [0.1, 0.15) is 12.7 Å². The van der Waals surface area contributed by atoms with Crippen LogP contribution in [0.5, 0.6) is 5.75 Å². The van der Waals surface area contributed by atoms with Gasteiger partial charge in [0.25, 0.3) is 11.1 Å². The van der Waals surface area contributed by atoms with E-state index in [4.69, 9.17) is 32.4 Å². The van der Waals surface area contributed by atoms with E-state index in [1.165, 1.54) is 6.08 Å². The number of imide groups is 1. The van der Waals surface area contributed by atoms with Gasteiger partial charge in [0.15, 0.2) is 0 Å². The summed E-state index contributed by atoms with van der Waals surface area (Å²) in [5.74, 6) is 0.526. The maximum absolute atomic E-state index is 12.7. The van der Waals surface area contributed by atoms with Crippen LogP contribution in [0.2, 0.25) is 10.0 Å². The number of nitrogens with one attached hydrogen (secondary N) is 1. The molecule has 0 radical (unpaired) electrons. The van der Waals surface area contributed by atoms with E-state index in [1.54, 1.807) is 54.6 Å². The number of amides is 3. The van der Waals surface area contributed by atoms with E-state index in [1.807, 2.05) is 6.92 Å². The number of halogens is 2. The Morgan fingerprint density at radius 3 is 2.56 bits per heavy atom. The van der Waals surface area contributed by atoms with Crippen LogP contribution >= 0.6 is 35.0 Å². The summed E-state index contributed by atoms with van der Waals surface area (Å²) in [5.41, 5.74) is 1.24. The lowest BCUT2D eigenvalue weighted by atomic mass is 10.2. The van der Waals surface area contributed by atoms with E-state index >= 15 is 0 Å². The van der Waals surface area contributed by atoms with Crippen molar-refractivity contribution in [2.45, 2.75) is 6.92 Å². The molecule has 0 bridgehead atoms. The standard InChI is InChI=1S/C24H18Cl2N2O5S/c1-2-32-16-6-4-15(5-7-16)27-22(29)13-28-23(30)21(34-24(28)31)12-17-8-10-20(33-17)14-3-9-18(25)19(26)11-14/h3-12H,2,13H2,1H3,(H,27,29)/b21-12-. The van der Waals surface area contributed by atoms with Gasteiger partial charge in [-0.3, -0.25) is 19.3 Å². The van der Waals surface area contributed by atoms with Crippen molar-refractivity contribution in [1.82, 2.24) is 4.90 Å². The maximum Gasteiger partial charge on any atom is 0.294 e. The molecule has 0 saturated carbocycles. The predicted molar refractivity (Wildman–Crippen MR) is 133 cm³/mol. The molecule has 1 saturated heterocycles. The molecular weight excluding hydrogens is 499 g/mol. The molecule has 1 aromatic heterocycles. The molecule has 2 aromatic carbocycles. The molecule has 1 N–H and O–H groups in total. The van der Waals surface area contributed by atoms with Crippen molar-refractivity contribution < 1.29 is 23.5 Å². The minimum atomic E-state index is -0.565. The molecule has 3 aromatic rings. The SMILES string of the molecule is CCOc1ccc(NC(=O)CN2C(=O)S/C(=C\c3ccc(-c4ccc(Cl)c(Cl)c4)o3)C2=O)cc1. The van der Waals surface area contributed by atoms with Crippen LogP contribution in [0, 0.1) is 0 Å². The number of carbonyl (C=O) groups excluding carboxylic acids is 3. The van der Waals surface area contributed by atoms with Crippen molar-refractivity contribution in [3.8, 4) is 17.1 Å². The molecule has 4 rings (SSSR count). The zero-order valence-electron chi connectivity index (χ0n) is 17.8. The normalized spacial score (nSPS) is 14.7. The summed E-state index contributed by atoms with van der Waals surface area (Å²) in [7, 11) is 0. The number of anilines is 1. The average molecular weight is 517 g/mol. The van der Waals surface area contributed by atoms with Gasteiger partial charge >= 0.3 is 0 Å². The van der Waals surface area contributed by atoms with Gasteiger partial charge < -0.3 is 14.5 Å². The summed E-state index contributed by atoms with van der Waals surface area (Å²) in [4.78, 5) is 38.5. The fourth-order valence-electron chi connectivity index (χ4n) is 3.15. The molecule has 0 spiro atoms. The van der Waals surface area contributed by atoms with Gasteiger partial charge in [0.1, 0.15) is 23.8 Å². The number of rotatable bonds is 7. The molecule has 0 aliphatic carbocycles. The summed E-state index contributed by atoms with van der Waals surface area (Å²) in [6, 6.07) is 15.3. The van der Waals surface area contributed by atoms with Crippen molar-refractivity contribution in [2.24, 2.45) is 0 Å². The summed E-state index contributed by atoms with van der Waals surface area (Å²) < 4.78 is 11.1. The zero-order valence-corrected chi connectivity index (χ0v) is 20.2. The third-order valence-electron chi connectivity index (χ3n) is 4.73. The minimum Gasteiger partial charge on any atom is -0.494 e. The Bertz CT molecular complexity index is 1290. The monoisotopic (exact) mass is 516 g/mol. The predicted octanol–water partition coefficient (Wildman–Crippen LogP) is 6.33. The third-order valence-corrected chi connectivity index (χ3v) is 6.38. The molecule has 34 heavy (non-hydrogen) atoms. The van der Waals surface area contributed by atoms with E-state index in [-0.39, 0.29) is 4.91 Å². The summed E-state index contributed by atoms with van der Waals surface area (Å²) >= 11 is 12.7. The third kappa shape index (κ3) is 5.47. The topological polar surface area (TPSA) is 88.8 Å². The smallest absolute Gasteiger partial charge is 0.294 e. The molecule has 1 fully saturated rings. The molecule has 7 nitrogen and oxygen atoms in total. The average Bonchev–Trinajstić information content (AvgIpc) is 3.37. The first-order valence-corrected chi connectivity index (χ1v) is 11.7. The van der Waals surface area contributed by atoms with Crippen molar-refractivity contribution in [1.29, 1.82) is 0 Å². The van der Waals surface area contributed by atoms with Crippen molar-refractivity contribution >= 4 is 63.8 Å². The van der Waals surface area contributed by atoms with Gasteiger partial charge in [-0.05, 0) is 73.3 Å². The molecule has 0 unspecified atom stereocenters. The van der Waals surface area contributed by atoms with Crippen molar-refractivity contribution in [2.75, 3.05) is 18.5 Å². The summed E-state index contributed by atoms with van der Waals surface area (Å²) in [5, 5.41) is 2.95. The van der Waals surface area contributed by atoms with Gasteiger partial charge in [-0.15, -0.1) is 0 Å². The van der Waals surface area contributed by atoms with Crippen LogP contribution in [-0.4, -0.2) is 35.1 Å². The highest BCUT2D eigenvalue weighted by Crippen LogP contribution is 2.34. The lowest BCUT2D eigenvalue weighted by Crippen LogP contribution is -2.36. The van der Waals surface area contributed by atoms with Crippen molar-refractivity contribution in [3.05, 3.63) is 75.3 Å². The second-order valence-corrected chi connectivity index (χ2v) is 8.91.